The topological polar surface area (TPSA) is 41.6 Å². The van der Waals surface area contributed by atoms with Gasteiger partial charge in [-0.05, 0) is 38.8 Å². The second kappa shape index (κ2) is 5.96. The Morgan fingerprint density at radius 2 is 2.00 bits per heavy atom. The van der Waals surface area contributed by atoms with Crippen molar-refractivity contribution in [3.05, 3.63) is 24.3 Å². The molecular formula is C17H26N2O2. The first-order chi connectivity index (χ1) is 9.80. The molecule has 116 valence electrons. The zero-order valence-corrected chi connectivity index (χ0v) is 13.6. The number of anilines is 2. The predicted molar refractivity (Wildman–Crippen MR) is 86.7 cm³/mol. The van der Waals surface area contributed by atoms with Gasteiger partial charge in [0.2, 0.25) is 0 Å². The van der Waals surface area contributed by atoms with Crippen molar-refractivity contribution >= 4 is 17.3 Å². The minimum Gasteiger partial charge on any atom is -0.464 e. The minimum absolute atomic E-state index is 0.0824. The second-order valence-corrected chi connectivity index (χ2v) is 6.85. The zero-order chi connectivity index (χ0) is 15.6. The first-order valence-corrected chi connectivity index (χ1v) is 7.60. The van der Waals surface area contributed by atoms with Gasteiger partial charge in [-0.15, -0.1) is 0 Å². The third-order valence-electron chi connectivity index (χ3n) is 3.62. The average Bonchev–Trinajstić information content (AvgIpc) is 2.42. The molecule has 21 heavy (non-hydrogen) atoms. The maximum absolute atomic E-state index is 12.3. The van der Waals surface area contributed by atoms with Gasteiger partial charge in [-0.2, -0.15) is 0 Å². The number of nitrogens with zero attached hydrogens (tertiary/aromatic N) is 1. The van der Waals surface area contributed by atoms with Crippen molar-refractivity contribution in [3.63, 3.8) is 0 Å². The molecule has 2 rings (SSSR count). The standard InChI is InChI=1S/C17H26N2O2/c1-12(2)10-21-16(20)13(3)19-11-17(4,5)18-14-8-6-7-9-15(14)19/h6-9,12-13,18H,10-11H2,1-5H3. The van der Waals surface area contributed by atoms with Crippen LogP contribution < -0.4 is 10.2 Å². The molecule has 1 aliphatic rings. The van der Waals surface area contributed by atoms with Gasteiger partial charge in [0.15, 0.2) is 0 Å². The summed E-state index contributed by atoms with van der Waals surface area (Å²) >= 11 is 0. The predicted octanol–water partition coefficient (Wildman–Crippen LogP) is 3.28. The largest absolute Gasteiger partial charge is 0.464 e. The molecule has 4 nitrogen and oxygen atoms in total. The summed E-state index contributed by atoms with van der Waals surface area (Å²) in [7, 11) is 0. The van der Waals surface area contributed by atoms with Gasteiger partial charge in [0, 0.05) is 12.1 Å². The van der Waals surface area contributed by atoms with Crippen molar-refractivity contribution in [1.82, 2.24) is 0 Å². The molecule has 0 saturated carbocycles. The molecule has 1 N–H and O–H groups in total. The fourth-order valence-corrected chi connectivity index (χ4v) is 2.59. The molecule has 4 heteroatoms. The fourth-order valence-electron chi connectivity index (χ4n) is 2.59. The van der Waals surface area contributed by atoms with Crippen LogP contribution in [0.15, 0.2) is 24.3 Å². The van der Waals surface area contributed by atoms with Gasteiger partial charge >= 0.3 is 5.97 Å². The van der Waals surface area contributed by atoms with Crippen molar-refractivity contribution in [2.75, 3.05) is 23.4 Å². The molecule has 1 aromatic rings. The highest BCUT2D eigenvalue weighted by Crippen LogP contribution is 2.35. The summed E-state index contributed by atoms with van der Waals surface area (Å²) in [5.41, 5.74) is 2.05. The van der Waals surface area contributed by atoms with Gasteiger partial charge in [0.05, 0.1) is 18.0 Å². The number of fused-ring (bicyclic) bond motifs is 1. The van der Waals surface area contributed by atoms with Crippen molar-refractivity contribution in [2.45, 2.75) is 46.2 Å². The van der Waals surface area contributed by atoms with Crippen LogP contribution in [0.25, 0.3) is 0 Å². The molecule has 1 unspecified atom stereocenters. The molecule has 0 bridgehead atoms. The molecule has 1 aliphatic heterocycles. The number of hydrogen-bond acceptors (Lipinski definition) is 4. The van der Waals surface area contributed by atoms with Crippen LogP contribution in [0.3, 0.4) is 0 Å². The number of esters is 1. The number of hydrogen-bond donors (Lipinski definition) is 1. The van der Waals surface area contributed by atoms with E-state index in [4.69, 9.17) is 4.74 Å². The number of carbonyl (C=O) groups excluding carboxylic acids is 1. The number of benzene rings is 1. The molecule has 0 radical (unpaired) electrons. The molecule has 1 atom stereocenters. The summed E-state index contributed by atoms with van der Waals surface area (Å²) in [6, 6.07) is 7.82. The Kier molecular flexibility index (Phi) is 4.45. The normalized spacial score (nSPS) is 17.9. The lowest BCUT2D eigenvalue weighted by molar-refractivity contribution is -0.146. The maximum atomic E-state index is 12.3. The Hall–Kier alpha value is -1.71. The van der Waals surface area contributed by atoms with E-state index in [9.17, 15) is 4.79 Å². The quantitative estimate of drug-likeness (QED) is 0.864. The molecule has 0 amide bonds. The van der Waals surface area contributed by atoms with E-state index in [2.05, 4.69) is 30.1 Å². The Morgan fingerprint density at radius 1 is 1.33 bits per heavy atom. The van der Waals surface area contributed by atoms with Gasteiger partial charge in [-0.25, -0.2) is 4.79 Å². The summed E-state index contributed by atoms with van der Waals surface area (Å²) in [5.74, 6) is 0.198. The van der Waals surface area contributed by atoms with Crippen LogP contribution in [0, 0.1) is 5.92 Å². The van der Waals surface area contributed by atoms with Crippen LogP contribution in [0.4, 0.5) is 11.4 Å². The number of rotatable bonds is 4. The van der Waals surface area contributed by atoms with Crippen LogP contribution >= 0.6 is 0 Å². The van der Waals surface area contributed by atoms with E-state index in [0.29, 0.717) is 12.5 Å². The molecule has 1 heterocycles. The van der Waals surface area contributed by atoms with Gasteiger partial charge < -0.3 is 15.0 Å². The minimum atomic E-state index is -0.286. The fraction of sp³-hybridized carbons (Fsp3) is 0.588. The summed E-state index contributed by atoms with van der Waals surface area (Å²) in [6.45, 7) is 11.5. The van der Waals surface area contributed by atoms with Crippen LogP contribution in [0.2, 0.25) is 0 Å². The Balaban J connectivity index is 2.20. The highest BCUT2D eigenvalue weighted by Gasteiger charge is 2.34. The summed E-state index contributed by atoms with van der Waals surface area (Å²) in [5, 5.41) is 3.52. The second-order valence-electron chi connectivity index (χ2n) is 6.85. The summed E-state index contributed by atoms with van der Waals surface area (Å²) in [4.78, 5) is 14.4. The summed E-state index contributed by atoms with van der Waals surface area (Å²) in [6.07, 6.45) is 0. The molecule has 1 aromatic carbocycles. The lowest BCUT2D eigenvalue weighted by Crippen LogP contribution is -2.53. The Labute approximate surface area is 127 Å². The third kappa shape index (κ3) is 3.69. The number of para-hydroxylation sites is 2. The van der Waals surface area contributed by atoms with Gasteiger partial charge in [0.25, 0.3) is 0 Å². The zero-order valence-electron chi connectivity index (χ0n) is 13.6. The molecule has 0 fully saturated rings. The van der Waals surface area contributed by atoms with E-state index in [1.807, 2.05) is 39.0 Å². The van der Waals surface area contributed by atoms with E-state index < -0.39 is 0 Å². The molecule has 0 spiro atoms. The third-order valence-corrected chi connectivity index (χ3v) is 3.62. The van der Waals surface area contributed by atoms with Crippen molar-refractivity contribution in [1.29, 1.82) is 0 Å². The molecule has 0 saturated heterocycles. The monoisotopic (exact) mass is 290 g/mol. The Morgan fingerprint density at radius 3 is 2.67 bits per heavy atom. The number of ether oxygens (including phenoxy) is 1. The van der Waals surface area contributed by atoms with Crippen molar-refractivity contribution in [2.24, 2.45) is 5.92 Å². The highest BCUT2D eigenvalue weighted by atomic mass is 16.5. The van der Waals surface area contributed by atoms with Crippen LogP contribution in [0.5, 0.6) is 0 Å². The van der Waals surface area contributed by atoms with Gasteiger partial charge in [0.1, 0.15) is 6.04 Å². The van der Waals surface area contributed by atoms with Crippen molar-refractivity contribution < 1.29 is 9.53 Å². The summed E-state index contributed by atoms with van der Waals surface area (Å²) < 4.78 is 5.40. The van der Waals surface area contributed by atoms with Crippen LogP contribution in [-0.2, 0) is 9.53 Å². The number of carbonyl (C=O) groups is 1. The van der Waals surface area contributed by atoms with E-state index in [-0.39, 0.29) is 17.6 Å². The van der Waals surface area contributed by atoms with Gasteiger partial charge in [-0.3, -0.25) is 0 Å². The van der Waals surface area contributed by atoms with E-state index >= 15 is 0 Å². The van der Waals surface area contributed by atoms with Crippen LogP contribution in [0.1, 0.15) is 34.6 Å². The first kappa shape index (κ1) is 15.7. The first-order valence-electron chi connectivity index (χ1n) is 7.60. The molecular weight excluding hydrogens is 264 g/mol. The van der Waals surface area contributed by atoms with E-state index in [1.165, 1.54) is 0 Å². The van der Waals surface area contributed by atoms with E-state index in [1.54, 1.807) is 0 Å². The maximum Gasteiger partial charge on any atom is 0.328 e. The molecule has 0 aromatic heterocycles. The lowest BCUT2D eigenvalue weighted by Gasteiger charge is -2.44. The van der Waals surface area contributed by atoms with Crippen molar-refractivity contribution in [3.8, 4) is 0 Å². The van der Waals surface area contributed by atoms with Gasteiger partial charge in [-0.1, -0.05) is 26.0 Å². The number of nitrogens with one attached hydrogen (secondary N) is 1. The average molecular weight is 290 g/mol. The lowest BCUT2D eigenvalue weighted by atomic mass is 9.98. The Bertz CT molecular complexity index is 511. The SMILES string of the molecule is CC(C)COC(=O)C(C)N1CC(C)(C)Nc2ccccc21. The van der Waals surface area contributed by atoms with Crippen LogP contribution in [-0.4, -0.2) is 30.7 Å². The smallest absolute Gasteiger partial charge is 0.328 e. The highest BCUT2D eigenvalue weighted by molar-refractivity contribution is 5.84. The van der Waals surface area contributed by atoms with E-state index in [0.717, 1.165) is 17.9 Å². The molecule has 0 aliphatic carbocycles.